The SMILES string of the molecule is O=C(OC1CC(=O)N(Cc2ccccc2)C1)c1cc2n(n1)CCCC2=O. The summed E-state index contributed by atoms with van der Waals surface area (Å²) in [6, 6.07) is 11.2. The minimum atomic E-state index is -0.584. The van der Waals surface area contributed by atoms with Gasteiger partial charge in [-0.1, -0.05) is 30.3 Å². The molecule has 1 unspecified atom stereocenters. The van der Waals surface area contributed by atoms with Crippen LogP contribution < -0.4 is 0 Å². The van der Waals surface area contributed by atoms with Gasteiger partial charge in [0.2, 0.25) is 5.91 Å². The highest BCUT2D eigenvalue weighted by Gasteiger charge is 2.33. The zero-order valence-electron chi connectivity index (χ0n) is 14.3. The van der Waals surface area contributed by atoms with E-state index in [1.165, 1.54) is 6.07 Å². The maximum Gasteiger partial charge on any atom is 0.359 e. The van der Waals surface area contributed by atoms with E-state index >= 15 is 0 Å². The van der Waals surface area contributed by atoms with Gasteiger partial charge in [-0.2, -0.15) is 5.10 Å². The third kappa shape index (κ3) is 3.24. The maximum absolute atomic E-state index is 12.4. The van der Waals surface area contributed by atoms with Crippen molar-refractivity contribution >= 4 is 17.7 Å². The van der Waals surface area contributed by atoms with Gasteiger partial charge in [-0.25, -0.2) is 4.79 Å². The lowest BCUT2D eigenvalue weighted by atomic mass is 10.1. The number of hydrogen-bond donors (Lipinski definition) is 0. The van der Waals surface area contributed by atoms with Gasteiger partial charge in [0.1, 0.15) is 11.8 Å². The van der Waals surface area contributed by atoms with E-state index in [0.717, 1.165) is 12.0 Å². The Kier molecular flexibility index (Phi) is 4.28. The second-order valence-corrected chi connectivity index (χ2v) is 6.66. The van der Waals surface area contributed by atoms with E-state index in [1.807, 2.05) is 30.3 Å². The van der Waals surface area contributed by atoms with E-state index in [4.69, 9.17) is 4.74 Å². The molecule has 2 aliphatic heterocycles. The Morgan fingerprint density at radius 2 is 2.04 bits per heavy atom. The van der Waals surface area contributed by atoms with Crippen LogP contribution in [0.1, 0.15) is 45.8 Å². The summed E-state index contributed by atoms with van der Waals surface area (Å²) in [5.74, 6) is -0.627. The smallest absolute Gasteiger partial charge is 0.359 e. The van der Waals surface area contributed by atoms with E-state index in [-0.39, 0.29) is 23.8 Å². The highest BCUT2D eigenvalue weighted by molar-refractivity contribution is 5.98. The Bertz CT molecular complexity index is 859. The number of fused-ring (bicyclic) bond motifs is 1. The molecule has 0 saturated carbocycles. The monoisotopic (exact) mass is 353 g/mol. The van der Waals surface area contributed by atoms with E-state index in [1.54, 1.807) is 9.58 Å². The van der Waals surface area contributed by atoms with Gasteiger partial charge >= 0.3 is 5.97 Å². The molecule has 1 aromatic heterocycles. The Hall–Kier alpha value is -2.96. The van der Waals surface area contributed by atoms with Crippen molar-refractivity contribution in [3.8, 4) is 0 Å². The van der Waals surface area contributed by atoms with Crippen LogP contribution in [0, 0.1) is 0 Å². The van der Waals surface area contributed by atoms with Crippen molar-refractivity contribution in [2.75, 3.05) is 6.54 Å². The van der Waals surface area contributed by atoms with Gasteiger partial charge in [-0.05, 0) is 12.0 Å². The molecule has 1 saturated heterocycles. The molecule has 0 radical (unpaired) electrons. The topological polar surface area (TPSA) is 81.5 Å². The number of benzene rings is 1. The Morgan fingerprint density at radius 3 is 2.81 bits per heavy atom. The number of rotatable bonds is 4. The molecular weight excluding hydrogens is 334 g/mol. The standard InChI is InChI=1S/C19H19N3O4/c23-17-7-4-8-22-16(17)10-15(20-22)19(25)26-14-9-18(24)21(12-14)11-13-5-2-1-3-6-13/h1-3,5-6,10,14H,4,7-9,11-12H2. The van der Waals surface area contributed by atoms with Crippen LogP contribution in [0.15, 0.2) is 36.4 Å². The van der Waals surface area contributed by atoms with Crippen molar-refractivity contribution in [1.29, 1.82) is 0 Å². The number of carbonyl (C=O) groups is 3. The number of carbonyl (C=O) groups excluding carboxylic acids is 3. The van der Waals surface area contributed by atoms with Crippen LogP contribution in [-0.2, 0) is 22.6 Å². The van der Waals surface area contributed by atoms with Gasteiger partial charge in [0.25, 0.3) is 0 Å². The number of esters is 1. The second kappa shape index (κ2) is 6.74. The summed E-state index contributed by atoms with van der Waals surface area (Å²) in [6.07, 6.45) is 0.887. The average Bonchev–Trinajstić information content (AvgIpc) is 3.21. The highest BCUT2D eigenvalue weighted by Crippen LogP contribution is 2.20. The van der Waals surface area contributed by atoms with Crippen LogP contribution in [-0.4, -0.2) is 45.0 Å². The molecule has 1 atom stereocenters. The lowest BCUT2D eigenvalue weighted by molar-refractivity contribution is -0.128. The van der Waals surface area contributed by atoms with E-state index < -0.39 is 12.1 Å². The third-order valence-electron chi connectivity index (χ3n) is 4.72. The van der Waals surface area contributed by atoms with Crippen molar-refractivity contribution in [1.82, 2.24) is 14.7 Å². The molecule has 1 fully saturated rings. The number of ketones is 1. The van der Waals surface area contributed by atoms with Crippen LogP contribution in [0.3, 0.4) is 0 Å². The molecule has 0 bridgehead atoms. The molecule has 1 aromatic carbocycles. The number of hydrogen-bond acceptors (Lipinski definition) is 5. The van der Waals surface area contributed by atoms with Crippen molar-refractivity contribution in [2.24, 2.45) is 0 Å². The van der Waals surface area contributed by atoms with Crippen molar-refractivity contribution < 1.29 is 19.1 Å². The fourth-order valence-electron chi connectivity index (χ4n) is 3.41. The summed E-state index contributed by atoms with van der Waals surface area (Å²) in [5, 5.41) is 4.17. The minimum absolute atomic E-state index is 0.00659. The molecule has 1 amide bonds. The zero-order chi connectivity index (χ0) is 18.1. The molecule has 0 N–H and O–H groups in total. The summed E-state index contributed by atoms with van der Waals surface area (Å²) in [6.45, 7) is 1.49. The third-order valence-corrected chi connectivity index (χ3v) is 4.72. The number of nitrogens with zero attached hydrogens (tertiary/aromatic N) is 3. The van der Waals surface area contributed by atoms with E-state index in [9.17, 15) is 14.4 Å². The number of ether oxygens (including phenoxy) is 1. The predicted octanol–water partition coefficient (Wildman–Crippen LogP) is 1.82. The maximum atomic E-state index is 12.4. The molecule has 4 rings (SSSR count). The van der Waals surface area contributed by atoms with Crippen molar-refractivity contribution in [2.45, 2.75) is 38.5 Å². The molecule has 3 heterocycles. The lowest BCUT2D eigenvalue weighted by Gasteiger charge is -2.16. The molecule has 2 aliphatic rings. The number of aryl methyl sites for hydroxylation is 1. The van der Waals surface area contributed by atoms with Crippen LogP contribution in [0.4, 0.5) is 0 Å². The van der Waals surface area contributed by atoms with Crippen LogP contribution in [0.5, 0.6) is 0 Å². The average molecular weight is 353 g/mol. The zero-order valence-corrected chi connectivity index (χ0v) is 14.3. The van der Waals surface area contributed by atoms with E-state index in [0.29, 0.717) is 31.7 Å². The summed E-state index contributed by atoms with van der Waals surface area (Å²) < 4.78 is 7.02. The lowest BCUT2D eigenvalue weighted by Crippen LogP contribution is -2.26. The van der Waals surface area contributed by atoms with Crippen LogP contribution in [0.2, 0.25) is 0 Å². The van der Waals surface area contributed by atoms with Crippen LogP contribution in [0.25, 0.3) is 0 Å². The van der Waals surface area contributed by atoms with Gasteiger partial charge < -0.3 is 9.64 Å². The fraction of sp³-hybridized carbons (Fsp3) is 0.368. The predicted molar refractivity (Wildman–Crippen MR) is 91.5 cm³/mol. The molecule has 7 heteroatoms. The van der Waals surface area contributed by atoms with Gasteiger partial charge in [-0.15, -0.1) is 0 Å². The first-order valence-electron chi connectivity index (χ1n) is 8.74. The molecule has 7 nitrogen and oxygen atoms in total. The molecule has 134 valence electrons. The summed E-state index contributed by atoms with van der Waals surface area (Å²) in [4.78, 5) is 38.1. The molecule has 2 aromatic rings. The van der Waals surface area contributed by atoms with Gasteiger partial charge in [0.05, 0.1) is 13.0 Å². The first-order chi connectivity index (χ1) is 12.6. The van der Waals surface area contributed by atoms with Gasteiger partial charge in [0.15, 0.2) is 11.5 Å². The quantitative estimate of drug-likeness (QED) is 0.783. The Morgan fingerprint density at radius 1 is 1.23 bits per heavy atom. The number of Topliss-reactive ketones (excluding diaryl/α,β-unsaturated/α-hetero) is 1. The van der Waals surface area contributed by atoms with Crippen LogP contribution >= 0.6 is 0 Å². The highest BCUT2D eigenvalue weighted by atomic mass is 16.5. The normalized spacial score (nSPS) is 19.5. The number of likely N-dealkylation sites (tertiary alicyclic amines) is 1. The molecule has 26 heavy (non-hydrogen) atoms. The van der Waals surface area contributed by atoms with Crippen molar-refractivity contribution in [3.63, 3.8) is 0 Å². The summed E-state index contributed by atoms with van der Waals surface area (Å²) in [5.41, 5.74) is 1.62. The van der Waals surface area contributed by atoms with Gasteiger partial charge in [0, 0.05) is 25.6 Å². The Balaban J connectivity index is 1.39. The number of aromatic nitrogens is 2. The largest absolute Gasteiger partial charge is 0.455 e. The van der Waals surface area contributed by atoms with Gasteiger partial charge in [-0.3, -0.25) is 14.3 Å². The van der Waals surface area contributed by atoms with E-state index in [2.05, 4.69) is 5.10 Å². The number of amides is 1. The summed E-state index contributed by atoms with van der Waals surface area (Å²) >= 11 is 0. The Labute approximate surface area is 150 Å². The molecular formula is C19H19N3O4. The van der Waals surface area contributed by atoms with Crippen molar-refractivity contribution in [3.05, 3.63) is 53.3 Å². The molecule has 0 aliphatic carbocycles. The molecule has 0 spiro atoms. The first kappa shape index (κ1) is 16.5. The minimum Gasteiger partial charge on any atom is -0.455 e. The first-order valence-corrected chi connectivity index (χ1v) is 8.74. The summed E-state index contributed by atoms with van der Waals surface area (Å²) in [7, 11) is 0. The fourth-order valence-corrected chi connectivity index (χ4v) is 3.41. The second-order valence-electron chi connectivity index (χ2n) is 6.66.